The number of amides is 1. The fourth-order valence-corrected chi connectivity index (χ4v) is 2.98. The van der Waals surface area contributed by atoms with Crippen LogP contribution in [0.2, 0.25) is 5.02 Å². The van der Waals surface area contributed by atoms with E-state index >= 15 is 0 Å². The quantitative estimate of drug-likeness (QED) is 0.339. The molecule has 3 aromatic carbocycles. The molecule has 0 radical (unpaired) electrons. The molecule has 0 saturated carbocycles. The number of anilines is 1. The van der Waals surface area contributed by atoms with Crippen molar-refractivity contribution in [2.75, 3.05) is 5.43 Å². The molecule has 6 nitrogen and oxygen atoms in total. The second-order valence-corrected chi connectivity index (χ2v) is 7.18. The number of Topliss-reactive ketones (excluding diaryl/α,β-unsaturated/α-hetero) is 1. The van der Waals surface area contributed by atoms with Crippen molar-refractivity contribution in [3.63, 3.8) is 0 Å². The van der Waals surface area contributed by atoms with Gasteiger partial charge in [-0.15, -0.1) is 0 Å². The van der Waals surface area contributed by atoms with E-state index in [0.29, 0.717) is 17.4 Å². The van der Waals surface area contributed by atoms with Crippen LogP contribution in [-0.2, 0) is 6.18 Å². The molecular formula is C23H15ClF3N3O3. The summed E-state index contributed by atoms with van der Waals surface area (Å²) in [5.41, 5.74) is 3.30. The molecule has 3 rings (SSSR count). The molecule has 0 unspecified atom stereocenters. The van der Waals surface area contributed by atoms with E-state index in [1.54, 1.807) is 30.3 Å². The van der Waals surface area contributed by atoms with Crippen molar-refractivity contribution in [2.24, 2.45) is 0 Å². The van der Waals surface area contributed by atoms with Gasteiger partial charge in [-0.25, -0.2) is 0 Å². The highest BCUT2D eigenvalue weighted by Crippen LogP contribution is 2.35. The second kappa shape index (κ2) is 9.63. The lowest BCUT2D eigenvalue weighted by Crippen LogP contribution is -2.30. The third-order valence-electron chi connectivity index (χ3n) is 4.45. The number of nitriles is 1. The van der Waals surface area contributed by atoms with Gasteiger partial charge in [0.25, 0.3) is 5.91 Å². The van der Waals surface area contributed by atoms with E-state index in [4.69, 9.17) is 21.6 Å². The maximum absolute atomic E-state index is 13.2. The van der Waals surface area contributed by atoms with E-state index in [1.165, 1.54) is 31.2 Å². The van der Waals surface area contributed by atoms with Gasteiger partial charge in [-0.2, -0.15) is 18.4 Å². The average Bonchev–Trinajstić information content (AvgIpc) is 2.78. The summed E-state index contributed by atoms with van der Waals surface area (Å²) < 4.78 is 45.4. The van der Waals surface area contributed by atoms with Crippen LogP contribution in [0.4, 0.5) is 18.9 Å². The zero-order valence-electron chi connectivity index (χ0n) is 17.0. The minimum Gasteiger partial charge on any atom is -0.456 e. The first-order chi connectivity index (χ1) is 15.6. The molecule has 0 aliphatic carbocycles. The molecular weight excluding hydrogens is 459 g/mol. The molecule has 3 aromatic rings. The smallest absolute Gasteiger partial charge is 0.418 e. The van der Waals surface area contributed by atoms with Crippen LogP contribution in [0.5, 0.6) is 11.5 Å². The third-order valence-corrected chi connectivity index (χ3v) is 4.74. The summed E-state index contributed by atoms with van der Waals surface area (Å²) in [5.74, 6) is -0.178. The third kappa shape index (κ3) is 5.81. The SMILES string of the molecule is CC(=O)c1ccc(Oc2ccc(C(=O)NNc3ccc(C#N)cc3C(F)(F)F)cc2Cl)cc1. The van der Waals surface area contributed by atoms with Gasteiger partial charge in [-0.3, -0.25) is 20.4 Å². The molecule has 0 aliphatic heterocycles. The predicted molar refractivity (Wildman–Crippen MR) is 115 cm³/mol. The number of hydrazine groups is 1. The molecule has 10 heteroatoms. The highest BCUT2D eigenvalue weighted by atomic mass is 35.5. The van der Waals surface area contributed by atoms with E-state index in [1.807, 2.05) is 0 Å². The molecule has 0 atom stereocenters. The van der Waals surface area contributed by atoms with Crippen LogP contribution < -0.4 is 15.6 Å². The Morgan fingerprint density at radius 3 is 2.24 bits per heavy atom. The maximum atomic E-state index is 13.2. The van der Waals surface area contributed by atoms with Crippen LogP contribution in [0.15, 0.2) is 60.7 Å². The first kappa shape index (κ1) is 23.6. The minimum absolute atomic E-state index is 0.0639. The number of ether oxygens (including phenoxy) is 1. The summed E-state index contributed by atoms with van der Waals surface area (Å²) in [6.07, 6.45) is -4.73. The van der Waals surface area contributed by atoms with Gasteiger partial charge in [-0.1, -0.05) is 11.6 Å². The number of carbonyl (C=O) groups is 2. The molecule has 0 spiro atoms. The fraction of sp³-hybridized carbons (Fsp3) is 0.0870. The fourth-order valence-electron chi connectivity index (χ4n) is 2.76. The highest BCUT2D eigenvalue weighted by molar-refractivity contribution is 6.32. The number of nitrogens with zero attached hydrogens (tertiary/aromatic N) is 1. The van der Waals surface area contributed by atoms with Crippen molar-refractivity contribution < 1.29 is 27.5 Å². The first-order valence-corrected chi connectivity index (χ1v) is 9.72. The van der Waals surface area contributed by atoms with Gasteiger partial charge in [0.15, 0.2) is 5.78 Å². The highest BCUT2D eigenvalue weighted by Gasteiger charge is 2.34. The number of halogens is 4. The van der Waals surface area contributed by atoms with Crippen LogP contribution in [0.25, 0.3) is 0 Å². The van der Waals surface area contributed by atoms with Gasteiger partial charge >= 0.3 is 6.18 Å². The van der Waals surface area contributed by atoms with Crippen LogP contribution >= 0.6 is 11.6 Å². The largest absolute Gasteiger partial charge is 0.456 e. The molecule has 0 aromatic heterocycles. The van der Waals surface area contributed by atoms with Gasteiger partial charge in [0.05, 0.1) is 27.9 Å². The molecule has 168 valence electrons. The second-order valence-electron chi connectivity index (χ2n) is 6.78. The molecule has 0 aliphatic rings. The summed E-state index contributed by atoms with van der Waals surface area (Å²) in [7, 11) is 0. The standard InChI is InChI=1S/C23H15ClF3N3O3/c1-13(31)15-3-6-17(7-4-15)33-21-9-5-16(11-19(21)24)22(32)30-29-20-8-2-14(12-28)10-18(20)23(25,26)27/h2-11,29H,1H3,(H,30,32). The Kier molecular flexibility index (Phi) is 6.89. The number of ketones is 1. The van der Waals surface area contributed by atoms with Crippen LogP contribution in [-0.4, -0.2) is 11.7 Å². The number of hydrogen-bond acceptors (Lipinski definition) is 5. The van der Waals surface area contributed by atoms with Crippen molar-refractivity contribution in [1.29, 1.82) is 5.26 Å². The van der Waals surface area contributed by atoms with Crippen molar-refractivity contribution in [1.82, 2.24) is 5.43 Å². The van der Waals surface area contributed by atoms with E-state index in [9.17, 15) is 22.8 Å². The van der Waals surface area contributed by atoms with Crippen molar-refractivity contribution >= 4 is 29.0 Å². The van der Waals surface area contributed by atoms with E-state index < -0.39 is 23.3 Å². The Balaban J connectivity index is 1.71. The maximum Gasteiger partial charge on any atom is 0.418 e. The normalized spacial score (nSPS) is 10.8. The molecule has 2 N–H and O–H groups in total. The predicted octanol–water partition coefficient (Wildman–Crippen LogP) is 5.98. The monoisotopic (exact) mass is 473 g/mol. The van der Waals surface area contributed by atoms with Gasteiger partial charge in [0, 0.05) is 11.1 Å². The number of hydrogen-bond donors (Lipinski definition) is 2. The Bertz CT molecular complexity index is 1250. The molecule has 33 heavy (non-hydrogen) atoms. The Hall–Kier alpha value is -4.03. The number of benzene rings is 3. The van der Waals surface area contributed by atoms with Gasteiger partial charge < -0.3 is 4.74 Å². The van der Waals surface area contributed by atoms with Crippen molar-refractivity contribution in [3.8, 4) is 17.6 Å². The summed E-state index contributed by atoms with van der Waals surface area (Å²) in [4.78, 5) is 23.7. The lowest BCUT2D eigenvalue weighted by Gasteiger charge is -2.16. The van der Waals surface area contributed by atoms with Gasteiger partial charge in [-0.05, 0) is 67.6 Å². The molecule has 0 saturated heterocycles. The van der Waals surface area contributed by atoms with E-state index in [0.717, 1.165) is 6.07 Å². The number of alkyl halides is 3. The Morgan fingerprint density at radius 2 is 1.67 bits per heavy atom. The Labute approximate surface area is 191 Å². The Morgan fingerprint density at radius 1 is 1.00 bits per heavy atom. The van der Waals surface area contributed by atoms with Gasteiger partial charge in [0.2, 0.25) is 0 Å². The minimum atomic E-state index is -4.73. The van der Waals surface area contributed by atoms with Crippen LogP contribution in [0.1, 0.15) is 38.8 Å². The van der Waals surface area contributed by atoms with Crippen LogP contribution in [0, 0.1) is 11.3 Å². The lowest BCUT2D eigenvalue weighted by atomic mass is 10.1. The average molecular weight is 474 g/mol. The zero-order chi connectivity index (χ0) is 24.2. The molecule has 0 heterocycles. The van der Waals surface area contributed by atoms with E-state index in [-0.39, 0.29) is 27.7 Å². The lowest BCUT2D eigenvalue weighted by molar-refractivity contribution is -0.137. The molecule has 0 fully saturated rings. The van der Waals surface area contributed by atoms with Crippen molar-refractivity contribution in [2.45, 2.75) is 13.1 Å². The van der Waals surface area contributed by atoms with Crippen LogP contribution in [0.3, 0.4) is 0 Å². The summed E-state index contributed by atoms with van der Waals surface area (Å²) in [5, 5.41) is 8.91. The number of nitrogens with one attached hydrogen (secondary N) is 2. The first-order valence-electron chi connectivity index (χ1n) is 9.34. The summed E-state index contributed by atoms with van der Waals surface area (Å²) in [6.45, 7) is 1.44. The summed E-state index contributed by atoms with van der Waals surface area (Å²) >= 11 is 6.18. The summed E-state index contributed by atoms with van der Waals surface area (Å²) in [6, 6.07) is 15.0. The van der Waals surface area contributed by atoms with Gasteiger partial charge in [0.1, 0.15) is 11.5 Å². The number of rotatable bonds is 6. The molecule has 0 bridgehead atoms. The number of carbonyl (C=O) groups excluding carboxylic acids is 2. The van der Waals surface area contributed by atoms with E-state index in [2.05, 4.69) is 10.9 Å². The topological polar surface area (TPSA) is 91.2 Å². The zero-order valence-corrected chi connectivity index (χ0v) is 17.7. The molecule has 1 amide bonds. The van der Waals surface area contributed by atoms with Crippen molar-refractivity contribution in [3.05, 3.63) is 87.9 Å².